The minimum Gasteiger partial charge on any atom is -0.392 e. The highest BCUT2D eigenvalue weighted by Gasteiger charge is 2.45. The number of nitrogens with zero attached hydrogens (tertiary/aromatic N) is 3. The number of ether oxygens (including phenoxy) is 1. The predicted octanol–water partition coefficient (Wildman–Crippen LogP) is 3.70. The largest absolute Gasteiger partial charge is 0.392 e. The van der Waals surface area contributed by atoms with Gasteiger partial charge in [0.25, 0.3) is 0 Å². The molecule has 1 spiro atoms. The third-order valence-corrected chi connectivity index (χ3v) is 7.59. The van der Waals surface area contributed by atoms with Crippen molar-refractivity contribution >= 4 is 22.9 Å². The van der Waals surface area contributed by atoms with Crippen LogP contribution in [0.3, 0.4) is 0 Å². The molecule has 2 aromatic rings. The number of piperidine rings is 1. The van der Waals surface area contributed by atoms with Gasteiger partial charge in [-0.3, -0.25) is 4.90 Å². The van der Waals surface area contributed by atoms with Crippen molar-refractivity contribution in [2.45, 2.75) is 64.3 Å². The number of likely N-dealkylation sites (tertiary alicyclic amines) is 1. The number of aliphatic hydroxyl groups excluding tert-OH is 1. The normalized spacial score (nSPS) is 25.7. The zero-order chi connectivity index (χ0) is 19.0. The summed E-state index contributed by atoms with van der Waals surface area (Å²) in [6.45, 7) is 6.87. The van der Waals surface area contributed by atoms with Crippen LogP contribution in [-0.4, -0.2) is 39.2 Å². The average molecular weight is 408 g/mol. The lowest BCUT2D eigenvalue weighted by atomic mass is 9.81. The van der Waals surface area contributed by atoms with Gasteiger partial charge in [0.15, 0.2) is 0 Å². The maximum atomic E-state index is 9.71. The standard InChI is InChI=1S/C20H26ClN3O2S/c1-3-17-22-9-14(10-23-17)11-24-6-5-20(8-13(24)2)18-15(4-7-26-20)16(12-25)19(21)27-18/h9-10,13,25H,3-8,11-12H2,1-2H3/t13-,20?/m0/s1. The maximum Gasteiger partial charge on any atom is 0.127 e. The lowest BCUT2D eigenvalue weighted by Crippen LogP contribution is -2.50. The van der Waals surface area contributed by atoms with E-state index in [0.717, 1.165) is 60.1 Å². The zero-order valence-corrected chi connectivity index (χ0v) is 17.4. The Kier molecular flexibility index (Phi) is 5.54. The van der Waals surface area contributed by atoms with E-state index >= 15 is 0 Å². The van der Waals surface area contributed by atoms with Gasteiger partial charge < -0.3 is 9.84 Å². The van der Waals surface area contributed by atoms with Crippen LogP contribution in [0.5, 0.6) is 0 Å². The first-order valence-corrected chi connectivity index (χ1v) is 10.8. The van der Waals surface area contributed by atoms with Gasteiger partial charge in [-0.25, -0.2) is 9.97 Å². The van der Waals surface area contributed by atoms with Gasteiger partial charge in [-0.05, 0) is 31.7 Å². The molecule has 146 valence electrons. The summed E-state index contributed by atoms with van der Waals surface area (Å²) < 4.78 is 7.08. The van der Waals surface area contributed by atoms with Gasteiger partial charge in [0, 0.05) is 53.9 Å². The molecule has 0 saturated carbocycles. The lowest BCUT2D eigenvalue weighted by molar-refractivity contribution is -0.110. The Morgan fingerprint density at radius 2 is 2.19 bits per heavy atom. The molecule has 2 aromatic heterocycles. The van der Waals surface area contributed by atoms with E-state index in [1.54, 1.807) is 11.3 Å². The topological polar surface area (TPSA) is 58.5 Å². The van der Waals surface area contributed by atoms with Crippen LogP contribution in [0.4, 0.5) is 0 Å². The molecule has 2 atom stereocenters. The Morgan fingerprint density at radius 3 is 2.85 bits per heavy atom. The number of hydrogen-bond acceptors (Lipinski definition) is 6. The smallest absolute Gasteiger partial charge is 0.127 e. The van der Waals surface area contributed by atoms with E-state index in [0.29, 0.717) is 12.6 Å². The monoisotopic (exact) mass is 407 g/mol. The summed E-state index contributed by atoms with van der Waals surface area (Å²) in [5.74, 6) is 0.891. The van der Waals surface area contributed by atoms with Crippen molar-refractivity contribution < 1.29 is 9.84 Å². The number of halogens is 1. The van der Waals surface area contributed by atoms with Crippen molar-refractivity contribution in [3.05, 3.63) is 44.1 Å². The van der Waals surface area contributed by atoms with Crippen LogP contribution < -0.4 is 0 Å². The molecule has 5 nitrogen and oxygen atoms in total. The highest BCUT2D eigenvalue weighted by atomic mass is 35.5. The van der Waals surface area contributed by atoms with Gasteiger partial charge >= 0.3 is 0 Å². The molecular weight excluding hydrogens is 382 g/mol. The molecule has 7 heteroatoms. The first-order chi connectivity index (χ1) is 13.1. The second-order valence-corrected chi connectivity index (χ2v) is 9.17. The summed E-state index contributed by atoms with van der Waals surface area (Å²) in [6, 6.07) is 0.383. The molecule has 2 aliphatic heterocycles. The molecule has 0 aliphatic carbocycles. The first-order valence-electron chi connectivity index (χ1n) is 9.65. The van der Waals surface area contributed by atoms with Crippen LogP contribution in [0.2, 0.25) is 4.34 Å². The van der Waals surface area contributed by atoms with Gasteiger partial charge in [-0.2, -0.15) is 0 Å². The predicted molar refractivity (Wildman–Crippen MR) is 107 cm³/mol. The molecule has 0 radical (unpaired) electrons. The zero-order valence-electron chi connectivity index (χ0n) is 15.9. The van der Waals surface area contributed by atoms with E-state index < -0.39 is 0 Å². The number of aromatic nitrogens is 2. The van der Waals surface area contributed by atoms with E-state index in [9.17, 15) is 5.11 Å². The molecule has 1 unspecified atom stereocenters. The van der Waals surface area contributed by atoms with Gasteiger partial charge in [0.2, 0.25) is 0 Å². The number of fused-ring (bicyclic) bond motifs is 2. The summed E-state index contributed by atoms with van der Waals surface area (Å²) in [4.78, 5) is 12.6. The van der Waals surface area contributed by atoms with Crippen molar-refractivity contribution in [2.24, 2.45) is 0 Å². The van der Waals surface area contributed by atoms with Crippen LogP contribution in [0.25, 0.3) is 0 Å². The van der Waals surface area contributed by atoms with Gasteiger partial charge in [0.05, 0.1) is 17.6 Å². The Hall–Kier alpha value is -1.05. The van der Waals surface area contributed by atoms with Crippen molar-refractivity contribution in [3.63, 3.8) is 0 Å². The third kappa shape index (κ3) is 3.54. The first kappa shape index (κ1) is 19.3. The lowest BCUT2D eigenvalue weighted by Gasteiger charge is -2.47. The van der Waals surface area contributed by atoms with Crippen molar-refractivity contribution in [3.8, 4) is 0 Å². The number of thiophene rings is 1. The van der Waals surface area contributed by atoms with Crippen molar-refractivity contribution in [1.82, 2.24) is 14.9 Å². The molecule has 4 rings (SSSR count). The van der Waals surface area contributed by atoms with Crippen LogP contribution in [0.15, 0.2) is 12.4 Å². The van der Waals surface area contributed by atoms with Crippen molar-refractivity contribution in [1.29, 1.82) is 0 Å². The van der Waals surface area contributed by atoms with Crippen LogP contribution in [0.1, 0.15) is 54.1 Å². The summed E-state index contributed by atoms with van der Waals surface area (Å²) >= 11 is 8.01. The van der Waals surface area contributed by atoms with E-state index in [4.69, 9.17) is 16.3 Å². The van der Waals surface area contributed by atoms with Crippen LogP contribution in [-0.2, 0) is 36.3 Å². The Labute approximate surface area is 169 Å². The molecule has 2 aliphatic rings. The van der Waals surface area contributed by atoms with E-state index in [1.807, 2.05) is 12.4 Å². The SMILES string of the molecule is CCc1ncc(CN2CCC3(C[C@@H]2C)OCCc2c3sc(Cl)c2CO)cn1. The van der Waals surface area contributed by atoms with Gasteiger partial charge in [-0.15, -0.1) is 11.3 Å². The Morgan fingerprint density at radius 1 is 1.41 bits per heavy atom. The minimum absolute atomic E-state index is 0.0101. The number of aliphatic hydroxyl groups is 1. The van der Waals surface area contributed by atoms with E-state index in [-0.39, 0.29) is 12.2 Å². The molecule has 0 bridgehead atoms. The molecule has 27 heavy (non-hydrogen) atoms. The Balaban J connectivity index is 1.52. The number of rotatable bonds is 4. The van der Waals surface area contributed by atoms with E-state index in [1.165, 1.54) is 10.4 Å². The minimum atomic E-state index is -0.256. The molecular formula is C20H26ClN3O2S. The Bertz CT molecular complexity index is 810. The molecule has 4 heterocycles. The summed E-state index contributed by atoms with van der Waals surface area (Å²) in [6.07, 6.45) is 7.49. The molecule has 0 amide bonds. The number of aryl methyl sites for hydroxylation is 1. The fourth-order valence-corrected chi connectivity index (χ4v) is 6.05. The second kappa shape index (κ2) is 7.76. The van der Waals surface area contributed by atoms with Gasteiger partial charge in [-0.1, -0.05) is 18.5 Å². The number of hydrogen-bond donors (Lipinski definition) is 1. The van der Waals surface area contributed by atoms with E-state index in [2.05, 4.69) is 28.7 Å². The molecule has 0 aromatic carbocycles. The molecule has 1 saturated heterocycles. The van der Waals surface area contributed by atoms with Crippen LogP contribution in [0, 0.1) is 0 Å². The highest BCUT2D eigenvalue weighted by Crippen LogP contribution is 2.49. The van der Waals surface area contributed by atoms with Crippen molar-refractivity contribution in [2.75, 3.05) is 13.2 Å². The molecule has 1 fully saturated rings. The molecule has 1 N–H and O–H groups in total. The average Bonchev–Trinajstić information content (AvgIpc) is 3.01. The summed E-state index contributed by atoms with van der Waals surface area (Å²) in [5, 5.41) is 9.71. The second-order valence-electron chi connectivity index (χ2n) is 7.55. The third-order valence-electron chi connectivity index (χ3n) is 5.88. The van der Waals surface area contributed by atoms with Crippen LogP contribution >= 0.6 is 22.9 Å². The highest BCUT2D eigenvalue weighted by molar-refractivity contribution is 7.16. The van der Waals surface area contributed by atoms with Gasteiger partial charge in [0.1, 0.15) is 11.4 Å². The maximum absolute atomic E-state index is 9.71. The fourth-order valence-electron chi connectivity index (χ4n) is 4.38. The summed E-state index contributed by atoms with van der Waals surface area (Å²) in [5.41, 5.74) is 3.03. The fraction of sp³-hybridized carbons (Fsp3) is 0.600. The summed E-state index contributed by atoms with van der Waals surface area (Å²) in [7, 11) is 0. The quantitative estimate of drug-likeness (QED) is 0.837.